The van der Waals surface area contributed by atoms with Gasteiger partial charge in [-0.05, 0) is 40.7 Å². The van der Waals surface area contributed by atoms with Crippen LogP contribution in [0.3, 0.4) is 0 Å². The smallest absolute Gasteiger partial charge is 0.0715 e. The summed E-state index contributed by atoms with van der Waals surface area (Å²) in [5.74, 6) is 0. The zero-order valence-corrected chi connectivity index (χ0v) is 9.88. The van der Waals surface area contributed by atoms with Crippen molar-refractivity contribution in [2.24, 2.45) is 0 Å². The van der Waals surface area contributed by atoms with Crippen molar-refractivity contribution in [3.8, 4) is 0 Å². The molecule has 14 heavy (non-hydrogen) atoms. The van der Waals surface area contributed by atoms with Gasteiger partial charge >= 0.3 is 0 Å². The summed E-state index contributed by atoms with van der Waals surface area (Å²) in [4.78, 5) is 2.47. The van der Waals surface area contributed by atoms with E-state index in [4.69, 9.17) is 0 Å². The summed E-state index contributed by atoms with van der Waals surface area (Å²) < 4.78 is 0. The fraction of sp³-hybridized carbons (Fsp3) is 1.00. The molecule has 0 spiro atoms. The first-order valence-electron chi connectivity index (χ1n) is 5.58. The number of nitrogens with one attached hydrogen (secondary N) is 1. The van der Waals surface area contributed by atoms with Gasteiger partial charge in [0, 0.05) is 25.2 Å². The summed E-state index contributed by atoms with van der Waals surface area (Å²) >= 11 is 0. The second-order valence-corrected chi connectivity index (χ2v) is 5.27. The monoisotopic (exact) mass is 200 g/mol. The second-order valence-electron chi connectivity index (χ2n) is 5.27. The molecule has 1 rings (SSSR count). The largest absolute Gasteiger partial charge is 0.389 e. The molecular weight excluding hydrogens is 176 g/mol. The van der Waals surface area contributed by atoms with Gasteiger partial charge in [-0.2, -0.15) is 0 Å². The molecule has 0 aromatic rings. The Balaban J connectivity index is 2.23. The highest BCUT2D eigenvalue weighted by molar-refractivity contribution is 4.84. The maximum atomic E-state index is 9.58. The molecule has 0 aromatic heterocycles. The Labute approximate surface area is 87.5 Å². The van der Waals surface area contributed by atoms with Gasteiger partial charge in [-0.1, -0.05) is 0 Å². The van der Waals surface area contributed by atoms with Crippen LogP contribution in [-0.2, 0) is 0 Å². The van der Waals surface area contributed by atoms with Crippen molar-refractivity contribution < 1.29 is 5.11 Å². The highest BCUT2D eigenvalue weighted by Gasteiger charge is 2.25. The molecule has 0 radical (unpaired) electrons. The van der Waals surface area contributed by atoms with Crippen molar-refractivity contribution in [1.29, 1.82) is 0 Å². The van der Waals surface area contributed by atoms with Gasteiger partial charge in [0.05, 0.1) is 5.60 Å². The van der Waals surface area contributed by atoms with E-state index in [-0.39, 0.29) is 0 Å². The highest BCUT2D eigenvalue weighted by Crippen LogP contribution is 2.12. The molecule has 1 heterocycles. The zero-order chi connectivity index (χ0) is 10.8. The van der Waals surface area contributed by atoms with Crippen LogP contribution in [0, 0.1) is 0 Å². The molecule has 0 bridgehead atoms. The fourth-order valence-electron chi connectivity index (χ4n) is 1.82. The standard InChI is InChI=1S/C11H24N2O/c1-9(2)13-6-5-10(7-13)12-8-11(3,4)14/h9-10,12,14H,5-8H2,1-4H3. The summed E-state index contributed by atoms with van der Waals surface area (Å²) in [6, 6.07) is 1.20. The van der Waals surface area contributed by atoms with Crippen molar-refractivity contribution in [3.63, 3.8) is 0 Å². The van der Waals surface area contributed by atoms with Crippen molar-refractivity contribution in [2.75, 3.05) is 19.6 Å². The lowest BCUT2D eigenvalue weighted by molar-refractivity contribution is 0.0765. The topological polar surface area (TPSA) is 35.5 Å². The van der Waals surface area contributed by atoms with Gasteiger partial charge in [0.1, 0.15) is 0 Å². The van der Waals surface area contributed by atoms with Gasteiger partial charge in [-0.3, -0.25) is 4.90 Å². The van der Waals surface area contributed by atoms with Crippen LogP contribution in [0.1, 0.15) is 34.1 Å². The van der Waals surface area contributed by atoms with Crippen LogP contribution in [0.4, 0.5) is 0 Å². The number of hydrogen-bond donors (Lipinski definition) is 2. The predicted octanol–water partition coefficient (Wildman–Crippen LogP) is 0.830. The van der Waals surface area contributed by atoms with Crippen LogP contribution in [-0.4, -0.2) is 47.3 Å². The minimum atomic E-state index is -0.592. The molecule has 1 unspecified atom stereocenters. The summed E-state index contributed by atoms with van der Waals surface area (Å²) in [6.45, 7) is 11.1. The van der Waals surface area contributed by atoms with E-state index in [1.807, 2.05) is 13.8 Å². The number of rotatable bonds is 4. The van der Waals surface area contributed by atoms with E-state index in [9.17, 15) is 5.11 Å². The molecular formula is C11H24N2O. The van der Waals surface area contributed by atoms with Gasteiger partial charge in [0.15, 0.2) is 0 Å². The van der Waals surface area contributed by atoms with E-state index >= 15 is 0 Å². The Morgan fingerprint density at radius 3 is 2.57 bits per heavy atom. The Morgan fingerprint density at radius 2 is 2.14 bits per heavy atom. The minimum absolute atomic E-state index is 0.559. The Kier molecular flexibility index (Phi) is 3.93. The third-order valence-corrected chi connectivity index (χ3v) is 2.77. The maximum Gasteiger partial charge on any atom is 0.0715 e. The van der Waals surface area contributed by atoms with Crippen molar-refractivity contribution in [3.05, 3.63) is 0 Å². The lowest BCUT2D eigenvalue weighted by Crippen LogP contribution is -2.42. The van der Waals surface area contributed by atoms with E-state index in [2.05, 4.69) is 24.1 Å². The van der Waals surface area contributed by atoms with Gasteiger partial charge in [0.25, 0.3) is 0 Å². The van der Waals surface area contributed by atoms with E-state index < -0.39 is 5.60 Å². The molecule has 3 nitrogen and oxygen atoms in total. The molecule has 1 aliphatic heterocycles. The number of nitrogens with zero attached hydrogens (tertiary/aromatic N) is 1. The van der Waals surface area contributed by atoms with Crippen LogP contribution >= 0.6 is 0 Å². The van der Waals surface area contributed by atoms with Crippen molar-refractivity contribution >= 4 is 0 Å². The molecule has 0 amide bonds. The third kappa shape index (κ3) is 3.95. The summed E-state index contributed by atoms with van der Waals surface area (Å²) in [5.41, 5.74) is -0.592. The average Bonchev–Trinajstić information content (AvgIpc) is 2.47. The second kappa shape index (κ2) is 4.60. The predicted molar refractivity (Wildman–Crippen MR) is 59.4 cm³/mol. The Hall–Kier alpha value is -0.120. The first kappa shape index (κ1) is 12.0. The molecule has 0 aromatic carbocycles. The molecule has 1 fully saturated rings. The molecule has 84 valence electrons. The van der Waals surface area contributed by atoms with E-state index in [0.29, 0.717) is 18.6 Å². The fourth-order valence-corrected chi connectivity index (χ4v) is 1.82. The maximum absolute atomic E-state index is 9.58. The number of likely N-dealkylation sites (tertiary alicyclic amines) is 1. The first-order valence-corrected chi connectivity index (χ1v) is 5.58. The lowest BCUT2D eigenvalue weighted by Gasteiger charge is -2.23. The number of aliphatic hydroxyl groups is 1. The first-order chi connectivity index (χ1) is 6.38. The summed E-state index contributed by atoms with van der Waals surface area (Å²) in [6.07, 6.45) is 1.20. The van der Waals surface area contributed by atoms with E-state index in [1.165, 1.54) is 13.0 Å². The van der Waals surface area contributed by atoms with E-state index in [1.54, 1.807) is 0 Å². The molecule has 2 N–H and O–H groups in total. The van der Waals surface area contributed by atoms with Crippen molar-refractivity contribution in [1.82, 2.24) is 10.2 Å². The van der Waals surface area contributed by atoms with Gasteiger partial charge in [-0.15, -0.1) is 0 Å². The molecule has 1 atom stereocenters. The lowest BCUT2D eigenvalue weighted by atomic mass is 10.1. The SMILES string of the molecule is CC(C)N1CCC(NCC(C)(C)O)C1. The van der Waals surface area contributed by atoms with Gasteiger partial charge in [-0.25, -0.2) is 0 Å². The normalized spacial score (nSPS) is 24.9. The highest BCUT2D eigenvalue weighted by atomic mass is 16.3. The molecule has 1 aliphatic rings. The number of hydrogen-bond acceptors (Lipinski definition) is 3. The van der Waals surface area contributed by atoms with E-state index in [0.717, 1.165) is 6.54 Å². The van der Waals surface area contributed by atoms with Crippen LogP contribution in [0.25, 0.3) is 0 Å². The van der Waals surface area contributed by atoms with Gasteiger partial charge < -0.3 is 10.4 Å². The quantitative estimate of drug-likeness (QED) is 0.705. The minimum Gasteiger partial charge on any atom is -0.389 e. The molecule has 3 heteroatoms. The summed E-state index contributed by atoms with van der Waals surface area (Å²) in [5, 5.41) is 13.0. The summed E-state index contributed by atoms with van der Waals surface area (Å²) in [7, 11) is 0. The van der Waals surface area contributed by atoms with Crippen LogP contribution in [0.2, 0.25) is 0 Å². The van der Waals surface area contributed by atoms with Crippen molar-refractivity contribution in [2.45, 2.75) is 51.8 Å². The Bertz CT molecular complexity index is 175. The third-order valence-electron chi connectivity index (χ3n) is 2.77. The molecule has 0 saturated carbocycles. The average molecular weight is 200 g/mol. The van der Waals surface area contributed by atoms with Crippen LogP contribution < -0.4 is 5.32 Å². The molecule has 1 saturated heterocycles. The zero-order valence-electron chi connectivity index (χ0n) is 9.88. The Morgan fingerprint density at radius 1 is 1.50 bits per heavy atom. The van der Waals surface area contributed by atoms with Crippen LogP contribution in [0.15, 0.2) is 0 Å². The van der Waals surface area contributed by atoms with Crippen LogP contribution in [0.5, 0.6) is 0 Å². The molecule has 0 aliphatic carbocycles. The van der Waals surface area contributed by atoms with Gasteiger partial charge in [0.2, 0.25) is 0 Å².